The first kappa shape index (κ1) is 18.2. The van der Waals surface area contributed by atoms with Gasteiger partial charge < -0.3 is 19.9 Å². The van der Waals surface area contributed by atoms with Crippen molar-refractivity contribution in [3.05, 3.63) is 54.3 Å². The number of benzene rings is 2. The van der Waals surface area contributed by atoms with E-state index in [1.54, 1.807) is 17.0 Å². The molecule has 26 heavy (non-hydrogen) atoms. The van der Waals surface area contributed by atoms with Gasteiger partial charge in [-0.25, -0.2) is 4.39 Å². The lowest BCUT2D eigenvalue weighted by Gasteiger charge is -2.33. The van der Waals surface area contributed by atoms with E-state index in [0.29, 0.717) is 5.75 Å². The molecule has 0 atom stereocenters. The van der Waals surface area contributed by atoms with Gasteiger partial charge in [0.2, 0.25) is 0 Å². The van der Waals surface area contributed by atoms with Crippen LogP contribution in [0.3, 0.4) is 0 Å². The zero-order valence-electron chi connectivity index (χ0n) is 15.0. The molecule has 0 aliphatic carbocycles. The van der Waals surface area contributed by atoms with Crippen molar-refractivity contribution < 1.29 is 18.8 Å². The first-order valence-corrected chi connectivity index (χ1v) is 9.01. The van der Waals surface area contributed by atoms with Crippen LogP contribution in [0.2, 0.25) is 0 Å². The van der Waals surface area contributed by atoms with Crippen LogP contribution < -0.4 is 19.9 Å². The summed E-state index contributed by atoms with van der Waals surface area (Å²) in [6, 6.07) is 13.6. The van der Waals surface area contributed by atoms with Gasteiger partial charge in [0, 0.05) is 17.4 Å². The largest absolute Gasteiger partial charge is 0.484 e. The highest BCUT2D eigenvalue weighted by Crippen LogP contribution is 2.18. The van der Waals surface area contributed by atoms with E-state index in [-0.39, 0.29) is 18.3 Å². The Morgan fingerprint density at radius 2 is 1.92 bits per heavy atom. The van der Waals surface area contributed by atoms with Crippen LogP contribution in [0.15, 0.2) is 48.5 Å². The number of likely N-dealkylation sites (N-methyl/N-ethyl adjacent to an activating group) is 1. The second kappa shape index (κ2) is 8.67. The second-order valence-electron chi connectivity index (χ2n) is 6.43. The molecule has 0 saturated carbocycles. The standard InChI is InChI=1S/C20H24FN3O2/c1-2-23-10-12-24(13-11-23)18-8-6-17(7-9-18)22-20(25)15-26-19-5-3-4-16(21)14-19/h3-9,14H,2,10-13,15H2,1H3,(H,22,25)/p+1. The molecule has 6 heteroatoms. The van der Waals surface area contributed by atoms with Crippen molar-refractivity contribution in [1.29, 1.82) is 0 Å². The summed E-state index contributed by atoms with van der Waals surface area (Å²) in [5.41, 5.74) is 1.90. The summed E-state index contributed by atoms with van der Waals surface area (Å²) >= 11 is 0. The number of quaternary nitrogens is 1. The van der Waals surface area contributed by atoms with Crippen molar-refractivity contribution >= 4 is 17.3 Å². The average Bonchev–Trinajstić information content (AvgIpc) is 2.67. The number of nitrogens with zero attached hydrogens (tertiary/aromatic N) is 1. The van der Waals surface area contributed by atoms with Gasteiger partial charge in [-0.2, -0.15) is 0 Å². The van der Waals surface area contributed by atoms with Gasteiger partial charge in [0.15, 0.2) is 6.61 Å². The lowest BCUT2D eigenvalue weighted by atomic mass is 10.2. The van der Waals surface area contributed by atoms with E-state index >= 15 is 0 Å². The van der Waals surface area contributed by atoms with Gasteiger partial charge in [-0.1, -0.05) is 6.07 Å². The van der Waals surface area contributed by atoms with Crippen LogP contribution in [0.4, 0.5) is 15.8 Å². The smallest absolute Gasteiger partial charge is 0.262 e. The molecule has 138 valence electrons. The van der Waals surface area contributed by atoms with Crippen molar-refractivity contribution in [2.24, 2.45) is 0 Å². The molecule has 1 fully saturated rings. The van der Waals surface area contributed by atoms with Crippen molar-refractivity contribution in [3.8, 4) is 5.75 Å². The molecule has 1 aliphatic rings. The Hall–Kier alpha value is -2.60. The lowest BCUT2D eigenvalue weighted by Crippen LogP contribution is -3.14. The predicted octanol–water partition coefficient (Wildman–Crippen LogP) is 1.57. The number of rotatable bonds is 6. The maximum absolute atomic E-state index is 13.1. The molecule has 1 saturated heterocycles. The van der Waals surface area contributed by atoms with Gasteiger partial charge in [0.25, 0.3) is 5.91 Å². The van der Waals surface area contributed by atoms with Crippen molar-refractivity contribution in [3.63, 3.8) is 0 Å². The number of halogens is 1. The van der Waals surface area contributed by atoms with Crippen molar-refractivity contribution in [1.82, 2.24) is 0 Å². The fraction of sp³-hybridized carbons (Fsp3) is 0.350. The molecule has 5 nitrogen and oxygen atoms in total. The molecule has 0 spiro atoms. The number of anilines is 2. The molecule has 0 aromatic heterocycles. The van der Waals surface area contributed by atoms with E-state index in [4.69, 9.17) is 4.74 Å². The van der Waals surface area contributed by atoms with Crippen molar-refractivity contribution in [2.75, 3.05) is 49.5 Å². The SMILES string of the molecule is CC[NH+]1CCN(c2ccc(NC(=O)COc3cccc(F)c3)cc2)CC1. The van der Waals surface area contributed by atoms with Gasteiger partial charge in [0.1, 0.15) is 11.6 Å². The fourth-order valence-corrected chi connectivity index (χ4v) is 3.09. The summed E-state index contributed by atoms with van der Waals surface area (Å²) in [5, 5.41) is 2.79. The monoisotopic (exact) mass is 358 g/mol. The molecule has 0 bridgehead atoms. The summed E-state index contributed by atoms with van der Waals surface area (Å²) in [6.45, 7) is 7.66. The van der Waals surface area contributed by atoms with Gasteiger partial charge in [-0.05, 0) is 43.3 Å². The van der Waals surface area contributed by atoms with E-state index < -0.39 is 0 Å². The van der Waals surface area contributed by atoms with Gasteiger partial charge >= 0.3 is 0 Å². The number of amides is 1. The van der Waals surface area contributed by atoms with Gasteiger partial charge in [0.05, 0.1) is 32.7 Å². The quantitative estimate of drug-likeness (QED) is 0.824. The summed E-state index contributed by atoms with van der Waals surface area (Å²) in [7, 11) is 0. The van der Waals surface area contributed by atoms with E-state index in [1.807, 2.05) is 24.3 Å². The van der Waals surface area contributed by atoms with E-state index in [1.165, 1.54) is 24.4 Å². The van der Waals surface area contributed by atoms with Crippen LogP contribution in [0.5, 0.6) is 5.75 Å². The molecule has 2 aromatic rings. The Labute approximate surface area is 153 Å². The number of carbonyl (C=O) groups is 1. The lowest BCUT2D eigenvalue weighted by molar-refractivity contribution is -0.898. The first-order valence-electron chi connectivity index (χ1n) is 9.01. The molecular weight excluding hydrogens is 333 g/mol. The molecule has 1 amide bonds. The molecule has 3 rings (SSSR count). The average molecular weight is 358 g/mol. The number of hydrogen-bond donors (Lipinski definition) is 2. The third-order valence-electron chi connectivity index (χ3n) is 4.65. The zero-order chi connectivity index (χ0) is 18.4. The molecule has 1 aliphatic heterocycles. The highest BCUT2D eigenvalue weighted by atomic mass is 19.1. The maximum atomic E-state index is 13.1. The Kier molecular flexibility index (Phi) is 6.07. The third kappa shape index (κ3) is 4.95. The molecule has 0 unspecified atom stereocenters. The first-order chi connectivity index (χ1) is 12.6. The van der Waals surface area contributed by atoms with Crippen LogP contribution in [-0.4, -0.2) is 45.2 Å². The number of piperazine rings is 1. The molecule has 1 heterocycles. The number of carbonyl (C=O) groups excluding carboxylic acids is 1. The number of nitrogens with one attached hydrogen (secondary N) is 2. The molecule has 2 N–H and O–H groups in total. The minimum atomic E-state index is -0.389. The minimum Gasteiger partial charge on any atom is -0.484 e. The van der Waals surface area contributed by atoms with Crippen LogP contribution in [-0.2, 0) is 4.79 Å². The highest BCUT2D eigenvalue weighted by molar-refractivity contribution is 5.92. The topological polar surface area (TPSA) is 46.0 Å². The van der Waals surface area contributed by atoms with Crippen molar-refractivity contribution in [2.45, 2.75) is 6.92 Å². The van der Waals surface area contributed by atoms with E-state index in [2.05, 4.69) is 17.1 Å². The molecular formula is C20H25FN3O2+. The number of ether oxygens (including phenoxy) is 1. The van der Waals surface area contributed by atoms with Gasteiger partial charge in [-0.3, -0.25) is 4.79 Å². The summed E-state index contributed by atoms with van der Waals surface area (Å²) < 4.78 is 18.4. The van der Waals surface area contributed by atoms with Crippen LogP contribution >= 0.6 is 0 Å². The maximum Gasteiger partial charge on any atom is 0.262 e. The normalized spacial score (nSPS) is 14.9. The fourth-order valence-electron chi connectivity index (χ4n) is 3.09. The number of hydrogen-bond acceptors (Lipinski definition) is 3. The predicted molar refractivity (Wildman–Crippen MR) is 100 cm³/mol. The van der Waals surface area contributed by atoms with E-state index in [9.17, 15) is 9.18 Å². The highest BCUT2D eigenvalue weighted by Gasteiger charge is 2.18. The second-order valence-corrected chi connectivity index (χ2v) is 6.43. The molecule has 2 aromatic carbocycles. The Balaban J connectivity index is 1.48. The van der Waals surface area contributed by atoms with Crippen LogP contribution in [0.25, 0.3) is 0 Å². The van der Waals surface area contributed by atoms with Crippen LogP contribution in [0, 0.1) is 5.82 Å². The minimum absolute atomic E-state index is 0.160. The van der Waals surface area contributed by atoms with Crippen LogP contribution in [0.1, 0.15) is 6.92 Å². The third-order valence-corrected chi connectivity index (χ3v) is 4.65. The Morgan fingerprint density at radius 1 is 1.19 bits per heavy atom. The summed E-state index contributed by atoms with van der Waals surface area (Å²) in [6.07, 6.45) is 0. The summed E-state index contributed by atoms with van der Waals surface area (Å²) in [5.74, 6) is -0.328. The van der Waals surface area contributed by atoms with E-state index in [0.717, 1.165) is 31.9 Å². The zero-order valence-corrected chi connectivity index (χ0v) is 15.0. The Morgan fingerprint density at radius 3 is 2.58 bits per heavy atom. The van der Waals surface area contributed by atoms with Gasteiger partial charge in [-0.15, -0.1) is 0 Å². The Bertz CT molecular complexity index is 728. The molecule has 0 radical (unpaired) electrons. The summed E-state index contributed by atoms with van der Waals surface area (Å²) in [4.78, 5) is 16.0.